The van der Waals surface area contributed by atoms with E-state index in [0.717, 1.165) is 36.2 Å². The van der Waals surface area contributed by atoms with E-state index in [-0.39, 0.29) is 35.7 Å². The first-order valence-electron chi connectivity index (χ1n) is 14.6. The fourth-order valence-corrected chi connectivity index (χ4v) is 6.93. The minimum atomic E-state index is -4.59. The highest BCUT2D eigenvalue weighted by molar-refractivity contribution is 5.87. The summed E-state index contributed by atoms with van der Waals surface area (Å²) < 4.78 is 46.0. The smallest absolute Gasteiger partial charge is 0.417 e. The summed E-state index contributed by atoms with van der Waals surface area (Å²) >= 11 is 0. The van der Waals surface area contributed by atoms with E-state index in [2.05, 4.69) is 24.1 Å². The molecular formula is C32H42F3N3O4. The molecule has 230 valence electrons. The van der Waals surface area contributed by atoms with E-state index in [1.807, 2.05) is 45.0 Å². The molecule has 42 heavy (non-hydrogen) atoms. The van der Waals surface area contributed by atoms with Gasteiger partial charge in [0.2, 0.25) is 11.8 Å². The number of carboxylic acids is 1. The third-order valence-electron chi connectivity index (χ3n) is 8.79. The van der Waals surface area contributed by atoms with Gasteiger partial charge in [-0.05, 0) is 41.4 Å². The molecular weight excluding hydrogens is 547 g/mol. The van der Waals surface area contributed by atoms with E-state index in [1.54, 1.807) is 4.90 Å². The molecule has 1 aliphatic heterocycles. The van der Waals surface area contributed by atoms with Crippen LogP contribution in [0.2, 0.25) is 0 Å². The summed E-state index contributed by atoms with van der Waals surface area (Å²) in [5, 5.41) is 14.1. The van der Waals surface area contributed by atoms with E-state index in [4.69, 9.17) is 4.74 Å². The number of alkyl halides is 3. The molecule has 2 N–H and O–H groups in total. The van der Waals surface area contributed by atoms with Crippen LogP contribution in [0, 0.1) is 17.3 Å². The van der Waals surface area contributed by atoms with Gasteiger partial charge in [-0.2, -0.15) is 13.2 Å². The molecule has 7 nitrogen and oxygen atoms in total. The Balaban J connectivity index is 1.89. The Kier molecular flexibility index (Phi) is 9.25. The van der Waals surface area contributed by atoms with Gasteiger partial charge in [-0.25, -0.2) is 9.78 Å². The standard InChI is InChI=1S/C32H42F3N3O4/c1-18(2)22-13-9-10-14-23(22)26-25(36-16-20-15-21(32(33,34)35)17-37-28(20)42-6)24(31(3,4)5)27(30(40)41)38(26)29(39)19-11-7-8-12-19/h9-10,13-15,17-19,24-27,36H,7-8,11-12,16H2,1-6H3,(H,40,41)/t24-,25-,26-,27-/m0/s1. The number of carbonyl (C=O) groups is 2. The fraction of sp³-hybridized carbons (Fsp3) is 0.594. The lowest BCUT2D eigenvalue weighted by atomic mass is 9.72. The molecule has 1 aliphatic carbocycles. The van der Waals surface area contributed by atoms with Crippen molar-refractivity contribution in [1.29, 1.82) is 0 Å². The highest BCUT2D eigenvalue weighted by Gasteiger charge is 2.58. The highest BCUT2D eigenvalue weighted by Crippen LogP contribution is 2.50. The molecule has 10 heteroatoms. The Morgan fingerprint density at radius 1 is 1.14 bits per heavy atom. The van der Waals surface area contributed by atoms with Crippen LogP contribution in [0.3, 0.4) is 0 Å². The average molecular weight is 590 g/mol. The first-order chi connectivity index (χ1) is 19.7. The number of hydrogen-bond acceptors (Lipinski definition) is 5. The van der Waals surface area contributed by atoms with Crippen LogP contribution in [0.4, 0.5) is 13.2 Å². The number of likely N-dealkylation sites (tertiary alicyclic amines) is 1. The van der Waals surface area contributed by atoms with Gasteiger partial charge in [0.25, 0.3) is 0 Å². The van der Waals surface area contributed by atoms with E-state index >= 15 is 0 Å². The van der Waals surface area contributed by atoms with Crippen LogP contribution in [0.5, 0.6) is 5.88 Å². The molecule has 1 amide bonds. The van der Waals surface area contributed by atoms with Crippen molar-refractivity contribution >= 4 is 11.9 Å². The number of aromatic nitrogens is 1. The summed E-state index contributed by atoms with van der Waals surface area (Å²) in [5.74, 6) is -1.93. The molecule has 2 aliphatic rings. The maximum absolute atomic E-state index is 14.3. The number of hydrogen-bond donors (Lipinski definition) is 2. The number of rotatable bonds is 8. The van der Waals surface area contributed by atoms with Crippen molar-refractivity contribution in [2.75, 3.05) is 7.11 Å². The number of ether oxygens (including phenoxy) is 1. The number of halogens is 3. The minimum absolute atomic E-state index is 0.0496. The molecule has 1 aromatic carbocycles. The summed E-state index contributed by atoms with van der Waals surface area (Å²) in [6.45, 7) is 9.88. The summed E-state index contributed by atoms with van der Waals surface area (Å²) in [6.07, 6.45) is -0.589. The SMILES string of the molecule is COc1ncc(C(F)(F)F)cc1CN[C@H]1[C@H](C(C)(C)C)[C@@H](C(=O)O)N(C(=O)C2CCCC2)[C@H]1c1ccccc1C(C)C. The van der Waals surface area contributed by atoms with E-state index < -0.39 is 47.2 Å². The number of nitrogens with zero attached hydrogens (tertiary/aromatic N) is 2. The molecule has 0 bridgehead atoms. The minimum Gasteiger partial charge on any atom is -0.481 e. The molecule has 0 radical (unpaired) electrons. The largest absolute Gasteiger partial charge is 0.481 e. The summed E-state index contributed by atoms with van der Waals surface area (Å²) in [7, 11) is 1.34. The van der Waals surface area contributed by atoms with E-state index in [1.165, 1.54) is 7.11 Å². The van der Waals surface area contributed by atoms with Crippen LogP contribution in [0.1, 0.15) is 94.5 Å². The van der Waals surface area contributed by atoms with Crippen LogP contribution >= 0.6 is 0 Å². The molecule has 4 rings (SSSR count). The normalized spacial score (nSPS) is 23.5. The van der Waals surface area contributed by atoms with Gasteiger partial charge in [-0.15, -0.1) is 0 Å². The van der Waals surface area contributed by atoms with Crippen molar-refractivity contribution in [3.63, 3.8) is 0 Å². The van der Waals surface area contributed by atoms with Crippen molar-refractivity contribution in [1.82, 2.24) is 15.2 Å². The Bertz CT molecular complexity index is 1280. The Morgan fingerprint density at radius 3 is 2.33 bits per heavy atom. The fourth-order valence-electron chi connectivity index (χ4n) is 6.93. The first-order valence-corrected chi connectivity index (χ1v) is 14.6. The quantitative estimate of drug-likeness (QED) is 0.362. The molecule has 1 saturated heterocycles. The third kappa shape index (κ3) is 6.28. The van der Waals surface area contributed by atoms with Gasteiger partial charge in [0.1, 0.15) is 6.04 Å². The summed E-state index contributed by atoms with van der Waals surface area (Å²) in [6, 6.07) is 6.40. The number of amides is 1. The number of carbonyl (C=O) groups excluding carboxylic acids is 1. The Morgan fingerprint density at radius 2 is 1.79 bits per heavy atom. The Labute approximate surface area is 245 Å². The molecule has 2 heterocycles. The van der Waals surface area contributed by atoms with Crippen LogP contribution in [-0.2, 0) is 22.3 Å². The zero-order chi connectivity index (χ0) is 31.0. The van der Waals surface area contributed by atoms with Crippen molar-refractivity contribution in [3.05, 3.63) is 58.8 Å². The highest BCUT2D eigenvalue weighted by atomic mass is 19.4. The zero-order valence-corrected chi connectivity index (χ0v) is 25.2. The van der Waals surface area contributed by atoms with Gasteiger partial charge in [-0.3, -0.25) is 4.79 Å². The second kappa shape index (κ2) is 12.2. The van der Waals surface area contributed by atoms with Crippen molar-refractivity contribution in [3.8, 4) is 5.88 Å². The number of nitrogens with one attached hydrogen (secondary N) is 1. The molecule has 1 saturated carbocycles. The lowest BCUT2D eigenvalue weighted by molar-refractivity contribution is -0.154. The number of carboxylic acid groups (broad SMARTS) is 1. The van der Waals surface area contributed by atoms with Gasteiger partial charge in [0.15, 0.2) is 0 Å². The maximum Gasteiger partial charge on any atom is 0.417 e. The number of pyridine rings is 1. The molecule has 0 spiro atoms. The number of aliphatic carboxylic acids is 1. The van der Waals surface area contributed by atoms with Gasteiger partial charge in [0.05, 0.1) is 18.7 Å². The third-order valence-corrected chi connectivity index (χ3v) is 8.79. The average Bonchev–Trinajstić information content (AvgIpc) is 3.57. The van der Waals surface area contributed by atoms with Crippen LogP contribution in [-0.4, -0.2) is 46.1 Å². The zero-order valence-electron chi connectivity index (χ0n) is 25.2. The van der Waals surface area contributed by atoms with Gasteiger partial charge in [0, 0.05) is 36.2 Å². The topological polar surface area (TPSA) is 91.8 Å². The Hall–Kier alpha value is -3.14. The first kappa shape index (κ1) is 31.8. The molecule has 2 aromatic rings. The summed E-state index contributed by atoms with van der Waals surface area (Å²) in [4.78, 5) is 32.8. The molecule has 1 aromatic heterocycles. The predicted octanol–water partition coefficient (Wildman–Crippen LogP) is 6.58. The van der Waals surface area contributed by atoms with Gasteiger partial charge in [-0.1, -0.05) is 71.7 Å². The second-order valence-corrected chi connectivity index (χ2v) is 12.9. The van der Waals surface area contributed by atoms with Crippen LogP contribution in [0.25, 0.3) is 0 Å². The van der Waals surface area contributed by atoms with E-state index in [9.17, 15) is 27.9 Å². The summed E-state index contributed by atoms with van der Waals surface area (Å²) in [5.41, 5.74) is 0.566. The lowest BCUT2D eigenvalue weighted by Crippen LogP contribution is -2.49. The van der Waals surface area contributed by atoms with Crippen molar-refractivity contribution in [2.45, 2.75) is 97.1 Å². The van der Waals surface area contributed by atoms with Crippen molar-refractivity contribution in [2.24, 2.45) is 17.3 Å². The molecule has 4 atom stereocenters. The lowest BCUT2D eigenvalue weighted by Gasteiger charge is -2.35. The maximum atomic E-state index is 14.3. The van der Waals surface area contributed by atoms with E-state index in [0.29, 0.717) is 12.8 Å². The van der Waals surface area contributed by atoms with Crippen LogP contribution in [0.15, 0.2) is 36.5 Å². The molecule has 2 fully saturated rings. The van der Waals surface area contributed by atoms with Gasteiger partial charge < -0.3 is 20.1 Å². The monoisotopic (exact) mass is 589 g/mol. The van der Waals surface area contributed by atoms with Crippen molar-refractivity contribution < 1.29 is 32.6 Å². The number of methoxy groups -OCH3 is 1. The van der Waals surface area contributed by atoms with Crippen LogP contribution < -0.4 is 10.1 Å². The molecule has 0 unspecified atom stereocenters. The number of benzene rings is 1. The second-order valence-electron chi connectivity index (χ2n) is 12.9. The van der Waals surface area contributed by atoms with Gasteiger partial charge >= 0.3 is 12.1 Å². The predicted molar refractivity (Wildman–Crippen MR) is 153 cm³/mol.